The molecule has 3 nitrogen and oxygen atoms in total. The summed E-state index contributed by atoms with van der Waals surface area (Å²) in [5.74, 6) is 0.786. The van der Waals surface area contributed by atoms with Gasteiger partial charge in [0, 0.05) is 31.8 Å². The van der Waals surface area contributed by atoms with Crippen LogP contribution in [-0.2, 0) is 4.74 Å². The summed E-state index contributed by atoms with van der Waals surface area (Å²) in [5, 5.41) is 6.94. The van der Waals surface area contributed by atoms with E-state index in [2.05, 4.69) is 38.3 Å². The summed E-state index contributed by atoms with van der Waals surface area (Å²) >= 11 is 0. The van der Waals surface area contributed by atoms with E-state index >= 15 is 0 Å². The van der Waals surface area contributed by atoms with E-state index in [1.165, 1.54) is 12.8 Å². The van der Waals surface area contributed by atoms with Gasteiger partial charge >= 0.3 is 0 Å². The molecule has 0 unspecified atom stereocenters. The normalized spacial score (nSPS) is 19.6. The first-order valence-corrected chi connectivity index (χ1v) is 6.85. The second kappa shape index (κ2) is 6.17. The fourth-order valence-corrected chi connectivity index (χ4v) is 2.59. The molecule has 1 aliphatic heterocycles. The van der Waals surface area contributed by atoms with Gasteiger partial charge in [0.05, 0.1) is 0 Å². The molecule has 3 heteroatoms. The lowest BCUT2D eigenvalue weighted by Crippen LogP contribution is -2.51. The smallest absolute Gasteiger partial charge is 0.0468 e. The highest BCUT2D eigenvalue weighted by atomic mass is 16.5. The summed E-state index contributed by atoms with van der Waals surface area (Å²) in [6.07, 6.45) is 2.42. The molecule has 1 saturated heterocycles. The number of ether oxygens (including phenoxy) is 1. The fourth-order valence-electron chi connectivity index (χ4n) is 2.59. The Kier molecular flexibility index (Phi) is 5.42. The van der Waals surface area contributed by atoms with E-state index in [0.717, 1.165) is 32.2 Å². The SMILES string of the molecule is CNCC(C)(C)NCC(C)(C)C1CCOCC1. The van der Waals surface area contributed by atoms with Crippen LogP contribution in [0.15, 0.2) is 0 Å². The lowest BCUT2D eigenvalue weighted by molar-refractivity contribution is 0.0207. The van der Waals surface area contributed by atoms with Crippen LogP contribution in [0.2, 0.25) is 0 Å². The van der Waals surface area contributed by atoms with Crippen molar-refractivity contribution < 1.29 is 4.74 Å². The molecule has 0 amide bonds. The number of nitrogens with one attached hydrogen (secondary N) is 2. The van der Waals surface area contributed by atoms with Crippen LogP contribution in [-0.4, -0.2) is 38.9 Å². The van der Waals surface area contributed by atoms with Crippen LogP contribution in [0, 0.1) is 11.3 Å². The maximum Gasteiger partial charge on any atom is 0.0468 e. The molecule has 0 aromatic heterocycles. The van der Waals surface area contributed by atoms with E-state index in [4.69, 9.17) is 4.74 Å². The molecule has 17 heavy (non-hydrogen) atoms. The topological polar surface area (TPSA) is 33.3 Å². The van der Waals surface area contributed by atoms with Gasteiger partial charge in [0.1, 0.15) is 0 Å². The third kappa shape index (κ3) is 4.94. The molecule has 0 saturated carbocycles. The van der Waals surface area contributed by atoms with Crippen molar-refractivity contribution in [2.24, 2.45) is 11.3 Å². The Hall–Kier alpha value is -0.120. The van der Waals surface area contributed by atoms with Crippen LogP contribution < -0.4 is 10.6 Å². The van der Waals surface area contributed by atoms with Crippen molar-refractivity contribution in [1.82, 2.24) is 10.6 Å². The summed E-state index contributed by atoms with van der Waals surface area (Å²) in [6.45, 7) is 13.2. The molecule has 1 aliphatic rings. The van der Waals surface area contributed by atoms with Gasteiger partial charge in [-0.15, -0.1) is 0 Å². The van der Waals surface area contributed by atoms with Crippen LogP contribution in [0.3, 0.4) is 0 Å². The standard InChI is InChI=1S/C14H30N2O/c1-13(2,12-6-8-17-9-7-12)10-16-14(3,4)11-15-5/h12,15-16H,6-11H2,1-5H3. The molecule has 0 aromatic carbocycles. The van der Waals surface area contributed by atoms with Crippen molar-refractivity contribution in [3.05, 3.63) is 0 Å². The molecule has 0 spiro atoms. The highest BCUT2D eigenvalue weighted by molar-refractivity contribution is 4.87. The maximum absolute atomic E-state index is 5.45. The highest BCUT2D eigenvalue weighted by Crippen LogP contribution is 2.34. The monoisotopic (exact) mass is 242 g/mol. The number of hydrogen-bond donors (Lipinski definition) is 2. The number of likely N-dealkylation sites (N-methyl/N-ethyl adjacent to an activating group) is 1. The zero-order chi connectivity index (χ0) is 12.9. The summed E-state index contributed by atoms with van der Waals surface area (Å²) in [4.78, 5) is 0. The van der Waals surface area contributed by atoms with Gasteiger partial charge in [-0.25, -0.2) is 0 Å². The predicted octanol–water partition coefficient (Wildman–Crippen LogP) is 2.03. The van der Waals surface area contributed by atoms with Crippen molar-refractivity contribution >= 4 is 0 Å². The van der Waals surface area contributed by atoms with E-state index in [0.29, 0.717) is 5.41 Å². The molecule has 0 radical (unpaired) electrons. The zero-order valence-corrected chi connectivity index (χ0v) is 12.2. The lowest BCUT2D eigenvalue weighted by Gasteiger charge is -2.40. The van der Waals surface area contributed by atoms with E-state index in [1.54, 1.807) is 0 Å². The molecule has 0 bridgehead atoms. The minimum atomic E-state index is 0.164. The van der Waals surface area contributed by atoms with E-state index in [-0.39, 0.29) is 5.54 Å². The van der Waals surface area contributed by atoms with Crippen molar-refractivity contribution in [1.29, 1.82) is 0 Å². The largest absolute Gasteiger partial charge is 0.381 e. The molecule has 2 N–H and O–H groups in total. The molecule has 0 atom stereocenters. The van der Waals surface area contributed by atoms with E-state index in [1.807, 2.05) is 7.05 Å². The quantitative estimate of drug-likeness (QED) is 0.748. The first kappa shape index (κ1) is 14.9. The number of rotatable bonds is 6. The van der Waals surface area contributed by atoms with Gasteiger partial charge < -0.3 is 15.4 Å². The first-order valence-electron chi connectivity index (χ1n) is 6.85. The van der Waals surface area contributed by atoms with Gasteiger partial charge in [-0.2, -0.15) is 0 Å². The first-order chi connectivity index (χ1) is 7.87. The van der Waals surface area contributed by atoms with Crippen LogP contribution in [0.1, 0.15) is 40.5 Å². The van der Waals surface area contributed by atoms with Gasteiger partial charge in [-0.3, -0.25) is 0 Å². The van der Waals surface area contributed by atoms with Crippen molar-refractivity contribution in [2.45, 2.75) is 46.1 Å². The van der Waals surface area contributed by atoms with Crippen LogP contribution in [0.25, 0.3) is 0 Å². The molecule has 1 rings (SSSR count). The Bertz CT molecular complexity index is 220. The van der Waals surface area contributed by atoms with Gasteiger partial charge in [0.15, 0.2) is 0 Å². The minimum Gasteiger partial charge on any atom is -0.381 e. The predicted molar refractivity (Wildman–Crippen MR) is 73.3 cm³/mol. The average Bonchev–Trinajstić information content (AvgIpc) is 2.28. The third-order valence-electron chi connectivity index (χ3n) is 3.97. The Morgan fingerprint density at radius 3 is 2.18 bits per heavy atom. The second-order valence-electron chi connectivity index (χ2n) is 6.64. The lowest BCUT2D eigenvalue weighted by atomic mass is 9.74. The van der Waals surface area contributed by atoms with Crippen molar-refractivity contribution in [2.75, 3.05) is 33.4 Å². The van der Waals surface area contributed by atoms with Crippen LogP contribution in [0.4, 0.5) is 0 Å². The van der Waals surface area contributed by atoms with Gasteiger partial charge in [-0.05, 0) is 45.1 Å². The molecule has 0 aromatic rings. The molecular formula is C14H30N2O. The molecule has 1 heterocycles. The van der Waals surface area contributed by atoms with Gasteiger partial charge in [-0.1, -0.05) is 13.8 Å². The summed E-state index contributed by atoms with van der Waals surface area (Å²) in [6, 6.07) is 0. The molecule has 102 valence electrons. The Morgan fingerprint density at radius 2 is 1.65 bits per heavy atom. The fraction of sp³-hybridized carbons (Fsp3) is 1.00. The molecular weight excluding hydrogens is 212 g/mol. The maximum atomic E-state index is 5.45. The second-order valence-corrected chi connectivity index (χ2v) is 6.64. The van der Waals surface area contributed by atoms with Gasteiger partial charge in [0.25, 0.3) is 0 Å². The van der Waals surface area contributed by atoms with E-state index in [9.17, 15) is 0 Å². The van der Waals surface area contributed by atoms with Gasteiger partial charge in [0.2, 0.25) is 0 Å². The van der Waals surface area contributed by atoms with Crippen LogP contribution >= 0.6 is 0 Å². The minimum absolute atomic E-state index is 0.164. The van der Waals surface area contributed by atoms with Crippen molar-refractivity contribution in [3.63, 3.8) is 0 Å². The Morgan fingerprint density at radius 1 is 1.06 bits per heavy atom. The zero-order valence-electron chi connectivity index (χ0n) is 12.2. The van der Waals surface area contributed by atoms with Crippen molar-refractivity contribution in [3.8, 4) is 0 Å². The summed E-state index contributed by atoms with van der Waals surface area (Å²) < 4.78 is 5.45. The summed E-state index contributed by atoms with van der Waals surface area (Å²) in [5.41, 5.74) is 0.520. The summed E-state index contributed by atoms with van der Waals surface area (Å²) in [7, 11) is 2.01. The molecule has 0 aliphatic carbocycles. The number of hydrogen-bond acceptors (Lipinski definition) is 3. The Labute approximate surface area is 107 Å². The Balaban J connectivity index is 2.42. The average molecular weight is 242 g/mol. The van der Waals surface area contributed by atoms with Crippen LogP contribution in [0.5, 0.6) is 0 Å². The molecule has 1 fully saturated rings. The third-order valence-corrected chi connectivity index (χ3v) is 3.97. The highest BCUT2D eigenvalue weighted by Gasteiger charge is 2.32. The van der Waals surface area contributed by atoms with E-state index < -0.39 is 0 Å².